The van der Waals surface area contributed by atoms with Gasteiger partial charge >= 0.3 is 0 Å². The fourth-order valence-corrected chi connectivity index (χ4v) is 2.84. The zero-order chi connectivity index (χ0) is 19.1. The summed E-state index contributed by atoms with van der Waals surface area (Å²) in [5.74, 6) is -0.526. The molecule has 2 amide bonds. The van der Waals surface area contributed by atoms with Crippen LogP contribution in [0, 0.1) is 6.92 Å². The van der Waals surface area contributed by atoms with E-state index in [9.17, 15) is 9.59 Å². The summed E-state index contributed by atoms with van der Waals surface area (Å²) in [6.07, 6.45) is 2.60. The first kappa shape index (κ1) is 18.4. The van der Waals surface area contributed by atoms with Gasteiger partial charge in [0.1, 0.15) is 0 Å². The summed E-state index contributed by atoms with van der Waals surface area (Å²) in [4.78, 5) is 27.0. The standard InChI is InChI=1S/C21H22N4O2/c1-15-18(17-9-5-6-10-19(17)24-15)13-23-25-21(27)14-22-20(26)12-11-16-7-3-2-4-8-16/h2-10,13,24H,11-12,14H2,1H3,(H,22,26)(H,25,27)/b23-13+. The van der Waals surface area contributed by atoms with Crippen LogP contribution in [0.15, 0.2) is 59.7 Å². The number of hydrazone groups is 1. The molecule has 0 spiro atoms. The molecule has 1 aromatic heterocycles. The number of H-pyrrole nitrogens is 1. The Hall–Kier alpha value is -3.41. The molecule has 0 aliphatic carbocycles. The lowest BCUT2D eigenvalue weighted by atomic mass is 10.1. The molecule has 27 heavy (non-hydrogen) atoms. The molecule has 6 nitrogen and oxygen atoms in total. The Labute approximate surface area is 157 Å². The molecule has 2 aromatic carbocycles. The van der Waals surface area contributed by atoms with Gasteiger partial charge in [0, 0.05) is 28.6 Å². The van der Waals surface area contributed by atoms with Gasteiger partial charge in [-0.05, 0) is 25.0 Å². The number of nitrogens with zero attached hydrogens (tertiary/aromatic N) is 1. The molecule has 138 valence electrons. The second-order valence-corrected chi connectivity index (χ2v) is 6.26. The molecular formula is C21H22N4O2. The molecule has 0 aliphatic heterocycles. The van der Waals surface area contributed by atoms with E-state index in [1.54, 1.807) is 6.21 Å². The van der Waals surface area contributed by atoms with E-state index in [1.807, 2.05) is 61.5 Å². The van der Waals surface area contributed by atoms with Gasteiger partial charge in [0.05, 0.1) is 12.8 Å². The lowest BCUT2D eigenvalue weighted by molar-refractivity contribution is -0.126. The molecule has 0 saturated heterocycles. The van der Waals surface area contributed by atoms with Gasteiger partial charge in [-0.15, -0.1) is 0 Å². The Morgan fingerprint density at radius 3 is 2.59 bits per heavy atom. The van der Waals surface area contributed by atoms with Gasteiger partial charge in [-0.2, -0.15) is 5.10 Å². The number of amides is 2. The average molecular weight is 362 g/mol. The van der Waals surface area contributed by atoms with E-state index < -0.39 is 0 Å². The summed E-state index contributed by atoms with van der Waals surface area (Å²) in [7, 11) is 0. The first-order valence-electron chi connectivity index (χ1n) is 8.83. The quantitative estimate of drug-likeness (QED) is 0.446. The van der Waals surface area contributed by atoms with Crippen molar-refractivity contribution in [1.82, 2.24) is 15.7 Å². The van der Waals surface area contributed by atoms with Crippen molar-refractivity contribution in [3.8, 4) is 0 Å². The van der Waals surface area contributed by atoms with Crippen LogP contribution < -0.4 is 10.7 Å². The normalized spacial score (nSPS) is 11.0. The van der Waals surface area contributed by atoms with E-state index in [0.717, 1.165) is 27.7 Å². The molecule has 3 aromatic rings. The van der Waals surface area contributed by atoms with Gasteiger partial charge < -0.3 is 10.3 Å². The maximum atomic E-state index is 11.9. The number of rotatable bonds is 7. The van der Waals surface area contributed by atoms with E-state index in [-0.39, 0.29) is 18.4 Å². The Morgan fingerprint density at radius 2 is 1.78 bits per heavy atom. The van der Waals surface area contributed by atoms with Gasteiger partial charge in [-0.3, -0.25) is 9.59 Å². The average Bonchev–Trinajstić information content (AvgIpc) is 3.01. The van der Waals surface area contributed by atoms with Crippen molar-refractivity contribution in [2.75, 3.05) is 6.54 Å². The molecule has 0 atom stereocenters. The van der Waals surface area contributed by atoms with Crippen molar-refractivity contribution in [3.63, 3.8) is 0 Å². The highest BCUT2D eigenvalue weighted by Crippen LogP contribution is 2.19. The number of fused-ring (bicyclic) bond motifs is 1. The smallest absolute Gasteiger partial charge is 0.259 e. The van der Waals surface area contributed by atoms with Crippen LogP contribution in [0.2, 0.25) is 0 Å². The van der Waals surface area contributed by atoms with Gasteiger partial charge in [0.15, 0.2) is 0 Å². The third-order valence-corrected chi connectivity index (χ3v) is 4.26. The molecule has 3 rings (SSSR count). The van der Waals surface area contributed by atoms with E-state index >= 15 is 0 Å². The number of carbonyl (C=O) groups excluding carboxylic acids is 2. The molecule has 0 saturated carbocycles. The molecule has 0 aliphatic rings. The van der Waals surface area contributed by atoms with Crippen molar-refractivity contribution in [2.45, 2.75) is 19.8 Å². The second kappa shape index (κ2) is 8.80. The van der Waals surface area contributed by atoms with E-state index in [1.165, 1.54) is 0 Å². The predicted molar refractivity (Wildman–Crippen MR) is 107 cm³/mol. The first-order chi connectivity index (χ1) is 13.1. The monoisotopic (exact) mass is 362 g/mol. The first-order valence-corrected chi connectivity index (χ1v) is 8.83. The summed E-state index contributed by atoms with van der Waals surface area (Å²) in [5.41, 5.74) is 6.46. The van der Waals surface area contributed by atoms with E-state index in [4.69, 9.17) is 0 Å². The van der Waals surface area contributed by atoms with Crippen molar-refractivity contribution in [3.05, 3.63) is 71.4 Å². The molecule has 0 radical (unpaired) electrons. The molecule has 0 unspecified atom stereocenters. The minimum atomic E-state index is -0.364. The number of aromatic nitrogens is 1. The topological polar surface area (TPSA) is 86.3 Å². The number of hydrogen-bond acceptors (Lipinski definition) is 3. The molecule has 0 fully saturated rings. The van der Waals surface area contributed by atoms with E-state index in [0.29, 0.717) is 12.8 Å². The third kappa shape index (κ3) is 5.04. The van der Waals surface area contributed by atoms with Crippen LogP contribution in [0.4, 0.5) is 0 Å². The Morgan fingerprint density at radius 1 is 1.04 bits per heavy atom. The van der Waals surface area contributed by atoms with Gasteiger partial charge in [-0.25, -0.2) is 5.43 Å². The number of aryl methyl sites for hydroxylation is 2. The van der Waals surface area contributed by atoms with Crippen LogP contribution in [0.25, 0.3) is 10.9 Å². The number of nitrogens with one attached hydrogen (secondary N) is 3. The highest BCUT2D eigenvalue weighted by molar-refractivity contribution is 6.00. The lowest BCUT2D eigenvalue weighted by Crippen LogP contribution is -2.35. The van der Waals surface area contributed by atoms with Crippen molar-refractivity contribution >= 4 is 28.9 Å². The van der Waals surface area contributed by atoms with Crippen molar-refractivity contribution < 1.29 is 9.59 Å². The van der Waals surface area contributed by atoms with Crippen LogP contribution in [-0.2, 0) is 16.0 Å². The van der Waals surface area contributed by atoms with Gasteiger partial charge in [-0.1, -0.05) is 48.5 Å². The number of aromatic amines is 1. The van der Waals surface area contributed by atoms with Crippen LogP contribution >= 0.6 is 0 Å². The summed E-state index contributed by atoms with van der Waals surface area (Å²) < 4.78 is 0. The minimum Gasteiger partial charge on any atom is -0.358 e. The Kier molecular flexibility index (Phi) is 5.99. The zero-order valence-corrected chi connectivity index (χ0v) is 15.2. The van der Waals surface area contributed by atoms with E-state index in [2.05, 4.69) is 20.8 Å². The largest absolute Gasteiger partial charge is 0.358 e. The highest BCUT2D eigenvalue weighted by atomic mass is 16.2. The molecule has 6 heteroatoms. The SMILES string of the molecule is Cc1[nH]c2ccccc2c1/C=N/NC(=O)CNC(=O)CCc1ccccc1. The lowest BCUT2D eigenvalue weighted by Gasteiger charge is -2.04. The molecule has 3 N–H and O–H groups in total. The van der Waals surface area contributed by atoms with Crippen LogP contribution in [-0.4, -0.2) is 29.6 Å². The van der Waals surface area contributed by atoms with Crippen molar-refractivity contribution in [2.24, 2.45) is 5.10 Å². The highest BCUT2D eigenvalue weighted by Gasteiger charge is 2.07. The maximum Gasteiger partial charge on any atom is 0.259 e. The Balaban J connectivity index is 1.44. The van der Waals surface area contributed by atoms with Crippen LogP contribution in [0.5, 0.6) is 0 Å². The van der Waals surface area contributed by atoms with Gasteiger partial charge in [0.25, 0.3) is 5.91 Å². The fraction of sp³-hybridized carbons (Fsp3) is 0.190. The summed E-state index contributed by atoms with van der Waals surface area (Å²) in [5, 5.41) is 7.65. The zero-order valence-electron chi connectivity index (χ0n) is 15.2. The Bertz CT molecular complexity index is 961. The summed E-state index contributed by atoms with van der Waals surface area (Å²) in [6.45, 7) is 1.86. The maximum absolute atomic E-state index is 11.9. The number of benzene rings is 2. The predicted octanol–water partition coefficient (Wildman–Crippen LogP) is 2.68. The number of carbonyl (C=O) groups is 2. The summed E-state index contributed by atoms with van der Waals surface area (Å²) >= 11 is 0. The summed E-state index contributed by atoms with van der Waals surface area (Å²) in [6, 6.07) is 17.7. The van der Waals surface area contributed by atoms with Crippen LogP contribution in [0.3, 0.4) is 0 Å². The molecule has 1 heterocycles. The second-order valence-electron chi connectivity index (χ2n) is 6.26. The number of para-hydroxylation sites is 1. The molecular weight excluding hydrogens is 340 g/mol. The fourth-order valence-electron chi connectivity index (χ4n) is 2.84. The molecule has 0 bridgehead atoms. The van der Waals surface area contributed by atoms with Gasteiger partial charge in [0.2, 0.25) is 5.91 Å². The van der Waals surface area contributed by atoms with Crippen LogP contribution in [0.1, 0.15) is 23.2 Å². The van der Waals surface area contributed by atoms with Crippen molar-refractivity contribution in [1.29, 1.82) is 0 Å². The minimum absolute atomic E-state index is 0.0994. The third-order valence-electron chi connectivity index (χ3n) is 4.26. The number of hydrogen-bond donors (Lipinski definition) is 3.